The number of imide groups is 1. The monoisotopic (exact) mass is 303 g/mol. The van der Waals surface area contributed by atoms with E-state index in [4.69, 9.17) is 4.74 Å². The number of hydrogen-bond acceptors (Lipinski definition) is 5. The van der Waals surface area contributed by atoms with Gasteiger partial charge in [-0.1, -0.05) is 0 Å². The number of benzene rings is 1. The molecule has 3 rings (SSSR count). The number of methoxy groups -OCH3 is 1. The summed E-state index contributed by atoms with van der Waals surface area (Å²) < 4.78 is 6.53. The molecule has 2 heterocycles. The number of phenolic OH excluding ortho intramolecular Hbond substituents is 1. The zero-order valence-corrected chi connectivity index (χ0v) is 12.2. The quantitative estimate of drug-likeness (QED) is 0.854. The molecule has 1 saturated heterocycles. The van der Waals surface area contributed by atoms with E-state index in [1.807, 2.05) is 0 Å². The average molecular weight is 303 g/mol. The van der Waals surface area contributed by atoms with Gasteiger partial charge >= 0.3 is 0 Å². The van der Waals surface area contributed by atoms with Crippen LogP contribution in [0.2, 0.25) is 0 Å². The molecule has 1 aromatic carbocycles. The molecule has 7 heteroatoms. The summed E-state index contributed by atoms with van der Waals surface area (Å²) in [6, 6.07) is 4.35. The molecule has 7 nitrogen and oxygen atoms in total. The predicted octanol–water partition coefficient (Wildman–Crippen LogP) is 1.08. The van der Waals surface area contributed by atoms with Crippen LogP contribution in [0.5, 0.6) is 5.75 Å². The number of ether oxygens (including phenoxy) is 1. The molecule has 1 atom stereocenters. The lowest BCUT2D eigenvalue weighted by atomic mass is 10.0. The van der Waals surface area contributed by atoms with E-state index in [0.29, 0.717) is 25.0 Å². The Hall–Kier alpha value is -2.41. The van der Waals surface area contributed by atoms with E-state index in [1.165, 1.54) is 12.0 Å². The zero-order valence-electron chi connectivity index (χ0n) is 12.2. The van der Waals surface area contributed by atoms with Crippen molar-refractivity contribution in [1.82, 2.24) is 14.7 Å². The lowest BCUT2D eigenvalue weighted by Gasteiger charge is -2.30. The first-order valence-electron chi connectivity index (χ1n) is 7.11. The van der Waals surface area contributed by atoms with Crippen LogP contribution in [0.25, 0.3) is 10.9 Å². The molecule has 0 aliphatic carbocycles. The van der Waals surface area contributed by atoms with Crippen molar-refractivity contribution in [2.75, 3.05) is 20.3 Å². The Morgan fingerprint density at radius 2 is 2.23 bits per heavy atom. The maximum atomic E-state index is 12.5. The number of piperidine rings is 1. The molecule has 2 amide bonds. The second-order valence-corrected chi connectivity index (χ2v) is 5.28. The van der Waals surface area contributed by atoms with Gasteiger partial charge in [0, 0.05) is 25.1 Å². The second-order valence-electron chi connectivity index (χ2n) is 5.28. The largest absolute Gasteiger partial charge is 0.508 e. The number of hydrogen-bond donors (Lipinski definition) is 1. The van der Waals surface area contributed by atoms with Crippen molar-refractivity contribution >= 4 is 22.7 Å². The molecular formula is C15H17N3O4. The Morgan fingerprint density at radius 3 is 3.00 bits per heavy atom. The maximum Gasteiger partial charge on any atom is 0.254 e. The minimum atomic E-state index is -0.496. The molecule has 2 aromatic rings. The highest BCUT2D eigenvalue weighted by molar-refractivity contribution is 5.99. The van der Waals surface area contributed by atoms with Gasteiger partial charge in [-0.25, -0.2) is 0 Å². The van der Waals surface area contributed by atoms with Crippen molar-refractivity contribution in [3.05, 3.63) is 24.4 Å². The van der Waals surface area contributed by atoms with Crippen molar-refractivity contribution in [3.8, 4) is 5.75 Å². The smallest absolute Gasteiger partial charge is 0.254 e. The summed E-state index contributed by atoms with van der Waals surface area (Å²) in [5, 5.41) is 14.6. The maximum absolute atomic E-state index is 12.5. The summed E-state index contributed by atoms with van der Waals surface area (Å²) >= 11 is 0. The third kappa shape index (κ3) is 2.55. The summed E-state index contributed by atoms with van der Waals surface area (Å²) in [5.41, 5.74) is 0.700. The molecule has 22 heavy (non-hydrogen) atoms. The summed E-state index contributed by atoms with van der Waals surface area (Å²) in [5.74, 6) is -0.281. The first kappa shape index (κ1) is 14.5. The Morgan fingerprint density at radius 1 is 1.41 bits per heavy atom. The summed E-state index contributed by atoms with van der Waals surface area (Å²) in [4.78, 5) is 25.7. The number of rotatable bonds is 4. The average Bonchev–Trinajstić information content (AvgIpc) is 2.89. The van der Waals surface area contributed by atoms with Crippen molar-refractivity contribution in [1.29, 1.82) is 0 Å². The standard InChI is InChI=1S/C15H17N3O4/c1-22-7-6-17-14(20)5-4-13(15(17)21)18-9-10-8-11(19)2-3-12(10)16-18/h2-3,8-9,13,19H,4-7H2,1H3. The SMILES string of the molecule is COCCN1C(=O)CCC(n2cc3cc(O)ccc3n2)C1=O. The number of carbonyl (C=O) groups excluding carboxylic acids is 2. The third-order valence-electron chi connectivity index (χ3n) is 3.83. The highest BCUT2D eigenvalue weighted by Crippen LogP contribution is 2.26. The molecule has 1 aromatic heterocycles. The number of nitrogens with zero attached hydrogens (tertiary/aromatic N) is 3. The van der Waals surface area contributed by atoms with Crippen molar-refractivity contribution in [3.63, 3.8) is 0 Å². The molecule has 0 bridgehead atoms. The van der Waals surface area contributed by atoms with Gasteiger partial charge < -0.3 is 9.84 Å². The van der Waals surface area contributed by atoms with E-state index in [2.05, 4.69) is 5.10 Å². The Balaban J connectivity index is 1.88. The third-order valence-corrected chi connectivity index (χ3v) is 3.83. The molecule has 1 aliphatic rings. The fourth-order valence-electron chi connectivity index (χ4n) is 2.68. The first-order chi connectivity index (χ1) is 10.6. The van der Waals surface area contributed by atoms with Gasteiger partial charge in [0.15, 0.2) is 0 Å². The highest BCUT2D eigenvalue weighted by Gasteiger charge is 2.35. The summed E-state index contributed by atoms with van der Waals surface area (Å²) in [7, 11) is 1.53. The summed E-state index contributed by atoms with van der Waals surface area (Å²) in [6.45, 7) is 0.575. The van der Waals surface area contributed by atoms with Crippen LogP contribution in [0.3, 0.4) is 0 Å². The van der Waals surface area contributed by atoms with Crippen LogP contribution in [0, 0.1) is 0 Å². The van der Waals surface area contributed by atoms with Crippen LogP contribution < -0.4 is 0 Å². The normalized spacial score (nSPS) is 19.1. The predicted molar refractivity (Wildman–Crippen MR) is 78.3 cm³/mol. The van der Waals surface area contributed by atoms with Crippen LogP contribution in [0.15, 0.2) is 24.4 Å². The fourth-order valence-corrected chi connectivity index (χ4v) is 2.68. The van der Waals surface area contributed by atoms with Gasteiger partial charge in [-0.05, 0) is 24.6 Å². The van der Waals surface area contributed by atoms with E-state index in [9.17, 15) is 14.7 Å². The lowest BCUT2D eigenvalue weighted by Crippen LogP contribution is -2.47. The number of likely N-dealkylation sites (tertiary alicyclic amines) is 1. The fraction of sp³-hybridized carbons (Fsp3) is 0.400. The molecule has 1 unspecified atom stereocenters. The van der Waals surface area contributed by atoms with Crippen molar-refractivity contribution in [2.45, 2.75) is 18.9 Å². The van der Waals surface area contributed by atoms with Gasteiger partial charge in [-0.15, -0.1) is 0 Å². The number of phenols is 1. The van der Waals surface area contributed by atoms with Crippen molar-refractivity contribution < 1.29 is 19.4 Å². The molecule has 1 N–H and O–H groups in total. The van der Waals surface area contributed by atoms with Gasteiger partial charge in [-0.3, -0.25) is 19.2 Å². The number of aromatic hydroxyl groups is 1. The van der Waals surface area contributed by atoms with Gasteiger partial charge in [0.25, 0.3) is 5.91 Å². The van der Waals surface area contributed by atoms with E-state index in [-0.39, 0.29) is 24.1 Å². The van der Waals surface area contributed by atoms with Gasteiger partial charge in [0.1, 0.15) is 11.8 Å². The Bertz CT molecular complexity index is 725. The lowest BCUT2D eigenvalue weighted by molar-refractivity contribution is -0.152. The molecule has 0 spiro atoms. The first-order valence-corrected chi connectivity index (χ1v) is 7.11. The Labute approximate surface area is 127 Å². The Kier molecular flexibility index (Phi) is 3.81. The number of amides is 2. The van der Waals surface area contributed by atoms with Crippen LogP contribution in [0.1, 0.15) is 18.9 Å². The van der Waals surface area contributed by atoms with Gasteiger partial charge in [0.05, 0.1) is 18.7 Å². The molecule has 0 radical (unpaired) electrons. The topological polar surface area (TPSA) is 84.7 Å². The number of aromatic nitrogens is 2. The molecule has 1 aliphatic heterocycles. The molecular weight excluding hydrogens is 286 g/mol. The molecule has 1 fully saturated rings. The van der Waals surface area contributed by atoms with Crippen LogP contribution in [-0.4, -0.2) is 51.9 Å². The zero-order chi connectivity index (χ0) is 15.7. The highest BCUT2D eigenvalue weighted by atomic mass is 16.5. The summed E-state index contributed by atoms with van der Waals surface area (Å²) in [6.07, 6.45) is 2.46. The minimum absolute atomic E-state index is 0.152. The number of carbonyl (C=O) groups is 2. The number of fused-ring (bicyclic) bond motifs is 1. The van der Waals surface area contributed by atoms with Gasteiger partial charge in [-0.2, -0.15) is 5.10 Å². The minimum Gasteiger partial charge on any atom is -0.508 e. The van der Waals surface area contributed by atoms with E-state index in [0.717, 1.165) is 5.39 Å². The van der Waals surface area contributed by atoms with Crippen LogP contribution >= 0.6 is 0 Å². The van der Waals surface area contributed by atoms with Crippen LogP contribution in [0.4, 0.5) is 0 Å². The molecule has 116 valence electrons. The van der Waals surface area contributed by atoms with Gasteiger partial charge in [0.2, 0.25) is 5.91 Å². The van der Waals surface area contributed by atoms with Crippen LogP contribution in [-0.2, 0) is 14.3 Å². The molecule has 0 saturated carbocycles. The van der Waals surface area contributed by atoms with Crippen molar-refractivity contribution in [2.24, 2.45) is 0 Å². The second kappa shape index (κ2) is 5.76. The van der Waals surface area contributed by atoms with E-state index < -0.39 is 6.04 Å². The van der Waals surface area contributed by atoms with E-state index >= 15 is 0 Å². The van der Waals surface area contributed by atoms with E-state index in [1.54, 1.807) is 29.1 Å².